The number of methoxy groups -OCH3 is 2. The lowest BCUT2D eigenvalue weighted by molar-refractivity contribution is 0.354. The second-order valence-corrected chi connectivity index (χ2v) is 6.33. The van der Waals surface area contributed by atoms with Crippen molar-refractivity contribution >= 4 is 10.0 Å². The lowest BCUT2D eigenvalue weighted by Gasteiger charge is -2.14. The van der Waals surface area contributed by atoms with Crippen LogP contribution >= 0.6 is 0 Å². The molecule has 0 unspecified atom stereocenters. The van der Waals surface area contributed by atoms with E-state index in [0.717, 1.165) is 25.7 Å². The van der Waals surface area contributed by atoms with Gasteiger partial charge in [-0.2, -0.15) is 0 Å². The van der Waals surface area contributed by atoms with Crippen LogP contribution in [0.1, 0.15) is 25.7 Å². The van der Waals surface area contributed by atoms with Crippen molar-refractivity contribution in [1.29, 1.82) is 0 Å². The molecule has 0 atom stereocenters. The van der Waals surface area contributed by atoms with Gasteiger partial charge in [-0.1, -0.05) is 12.8 Å². The van der Waals surface area contributed by atoms with Crippen molar-refractivity contribution in [1.82, 2.24) is 4.72 Å². The predicted octanol–water partition coefficient (Wildman–Crippen LogP) is 1.92. The minimum Gasteiger partial charge on any atom is -0.493 e. The number of nitrogens with one attached hydrogen (secondary N) is 1. The van der Waals surface area contributed by atoms with Crippen molar-refractivity contribution < 1.29 is 17.9 Å². The second kappa shape index (κ2) is 5.79. The maximum absolute atomic E-state index is 12.2. The van der Waals surface area contributed by atoms with Gasteiger partial charge in [-0.3, -0.25) is 0 Å². The Morgan fingerprint density at radius 1 is 1.11 bits per heavy atom. The average molecular weight is 285 g/mol. The van der Waals surface area contributed by atoms with Crippen molar-refractivity contribution in [3.63, 3.8) is 0 Å². The summed E-state index contributed by atoms with van der Waals surface area (Å²) in [6.07, 6.45) is 3.98. The summed E-state index contributed by atoms with van der Waals surface area (Å²) in [6.45, 7) is 0. The molecule has 0 heterocycles. The molecular weight excluding hydrogens is 266 g/mol. The highest BCUT2D eigenvalue weighted by molar-refractivity contribution is 7.89. The predicted molar refractivity (Wildman–Crippen MR) is 72.1 cm³/mol. The van der Waals surface area contributed by atoms with Crippen LogP contribution in [0.2, 0.25) is 0 Å². The fourth-order valence-electron chi connectivity index (χ4n) is 2.31. The summed E-state index contributed by atoms with van der Waals surface area (Å²) in [5.74, 6) is 0.930. The van der Waals surface area contributed by atoms with Gasteiger partial charge in [0.1, 0.15) is 0 Å². The Bertz CT molecular complexity index is 536. The summed E-state index contributed by atoms with van der Waals surface area (Å²) in [4.78, 5) is 0.206. The van der Waals surface area contributed by atoms with Crippen LogP contribution in [0.4, 0.5) is 0 Å². The van der Waals surface area contributed by atoms with Gasteiger partial charge in [0.05, 0.1) is 19.1 Å². The van der Waals surface area contributed by atoms with E-state index in [-0.39, 0.29) is 10.9 Å². The third-order valence-electron chi connectivity index (χ3n) is 3.34. The van der Waals surface area contributed by atoms with Gasteiger partial charge in [-0.15, -0.1) is 0 Å². The Labute approximate surface area is 114 Å². The summed E-state index contributed by atoms with van der Waals surface area (Å²) in [6, 6.07) is 4.66. The monoisotopic (exact) mass is 285 g/mol. The molecule has 1 saturated carbocycles. The summed E-state index contributed by atoms with van der Waals surface area (Å²) in [5.41, 5.74) is 0. The largest absolute Gasteiger partial charge is 0.493 e. The Kier molecular flexibility index (Phi) is 4.31. The first-order valence-electron chi connectivity index (χ1n) is 6.31. The van der Waals surface area contributed by atoms with E-state index in [2.05, 4.69) is 4.72 Å². The molecule has 19 heavy (non-hydrogen) atoms. The maximum atomic E-state index is 12.2. The van der Waals surface area contributed by atoms with Gasteiger partial charge in [-0.05, 0) is 25.0 Å². The third-order valence-corrected chi connectivity index (χ3v) is 4.86. The molecule has 0 spiro atoms. The van der Waals surface area contributed by atoms with Crippen LogP contribution in [0.3, 0.4) is 0 Å². The van der Waals surface area contributed by atoms with Crippen LogP contribution in [0, 0.1) is 0 Å². The zero-order valence-corrected chi connectivity index (χ0v) is 12.0. The molecule has 1 fully saturated rings. The minimum absolute atomic E-state index is 0.0538. The summed E-state index contributed by atoms with van der Waals surface area (Å²) >= 11 is 0. The molecule has 5 nitrogen and oxygen atoms in total. The van der Waals surface area contributed by atoms with E-state index in [1.165, 1.54) is 26.4 Å². The highest BCUT2D eigenvalue weighted by Crippen LogP contribution is 2.30. The molecule has 1 N–H and O–H groups in total. The molecule has 1 aliphatic carbocycles. The standard InChI is InChI=1S/C13H19NO4S/c1-17-12-8-7-11(9-13(12)18-2)19(15,16)14-10-5-3-4-6-10/h7-10,14H,3-6H2,1-2H3. The highest BCUT2D eigenvalue weighted by Gasteiger charge is 2.23. The molecule has 1 aromatic rings. The normalized spacial score (nSPS) is 16.5. The number of hydrogen-bond acceptors (Lipinski definition) is 4. The Morgan fingerprint density at radius 2 is 1.74 bits per heavy atom. The van der Waals surface area contributed by atoms with Crippen LogP contribution in [0.25, 0.3) is 0 Å². The van der Waals surface area contributed by atoms with Crippen molar-refractivity contribution in [2.24, 2.45) is 0 Å². The van der Waals surface area contributed by atoms with E-state index in [1.807, 2.05) is 0 Å². The highest BCUT2D eigenvalue weighted by atomic mass is 32.2. The number of sulfonamides is 1. The first-order valence-corrected chi connectivity index (χ1v) is 7.79. The number of benzene rings is 1. The van der Waals surface area contributed by atoms with E-state index in [4.69, 9.17) is 9.47 Å². The quantitative estimate of drug-likeness (QED) is 0.897. The number of hydrogen-bond donors (Lipinski definition) is 1. The van der Waals surface area contributed by atoms with Gasteiger partial charge in [0.25, 0.3) is 0 Å². The molecule has 0 amide bonds. The zero-order chi connectivity index (χ0) is 13.9. The molecule has 0 radical (unpaired) electrons. The van der Waals surface area contributed by atoms with Crippen LogP contribution in [-0.2, 0) is 10.0 Å². The van der Waals surface area contributed by atoms with Gasteiger partial charge in [0, 0.05) is 12.1 Å². The average Bonchev–Trinajstić information content (AvgIpc) is 2.89. The van der Waals surface area contributed by atoms with E-state index in [0.29, 0.717) is 11.5 Å². The number of ether oxygens (including phenoxy) is 2. The molecule has 0 saturated heterocycles. The molecule has 0 aromatic heterocycles. The van der Waals surface area contributed by atoms with E-state index >= 15 is 0 Å². The molecule has 1 aliphatic rings. The summed E-state index contributed by atoms with van der Waals surface area (Å²) < 4.78 is 37.5. The molecular formula is C13H19NO4S. The third kappa shape index (κ3) is 3.19. The topological polar surface area (TPSA) is 64.6 Å². The summed E-state index contributed by atoms with van der Waals surface area (Å²) in [7, 11) is -0.485. The van der Waals surface area contributed by atoms with Crippen molar-refractivity contribution in [3.05, 3.63) is 18.2 Å². The van der Waals surface area contributed by atoms with E-state index < -0.39 is 10.0 Å². The molecule has 1 aromatic carbocycles. The second-order valence-electron chi connectivity index (χ2n) is 4.62. The van der Waals surface area contributed by atoms with Gasteiger partial charge in [0.2, 0.25) is 10.0 Å². The fourth-order valence-corrected chi connectivity index (χ4v) is 3.63. The van der Waals surface area contributed by atoms with Crippen molar-refractivity contribution in [3.8, 4) is 11.5 Å². The zero-order valence-electron chi connectivity index (χ0n) is 11.2. The molecule has 2 rings (SSSR count). The molecule has 106 valence electrons. The minimum atomic E-state index is -3.49. The lowest BCUT2D eigenvalue weighted by Crippen LogP contribution is -2.32. The van der Waals surface area contributed by atoms with E-state index in [1.54, 1.807) is 6.07 Å². The Hall–Kier alpha value is -1.27. The molecule has 6 heteroatoms. The van der Waals surface area contributed by atoms with Crippen LogP contribution in [0.5, 0.6) is 11.5 Å². The van der Waals surface area contributed by atoms with Crippen LogP contribution in [-0.4, -0.2) is 28.7 Å². The van der Waals surface area contributed by atoms with Gasteiger partial charge < -0.3 is 9.47 Å². The van der Waals surface area contributed by atoms with Crippen molar-refractivity contribution in [2.75, 3.05) is 14.2 Å². The summed E-state index contributed by atoms with van der Waals surface area (Å²) in [5, 5.41) is 0. The Balaban J connectivity index is 2.24. The van der Waals surface area contributed by atoms with Crippen LogP contribution < -0.4 is 14.2 Å². The van der Waals surface area contributed by atoms with E-state index in [9.17, 15) is 8.42 Å². The van der Waals surface area contributed by atoms with Crippen LogP contribution in [0.15, 0.2) is 23.1 Å². The fraction of sp³-hybridized carbons (Fsp3) is 0.538. The van der Waals surface area contributed by atoms with Gasteiger partial charge in [0.15, 0.2) is 11.5 Å². The molecule has 0 bridgehead atoms. The smallest absolute Gasteiger partial charge is 0.240 e. The maximum Gasteiger partial charge on any atom is 0.240 e. The van der Waals surface area contributed by atoms with Crippen molar-refractivity contribution in [2.45, 2.75) is 36.6 Å². The number of rotatable bonds is 5. The lowest BCUT2D eigenvalue weighted by atomic mass is 10.3. The molecule has 0 aliphatic heterocycles. The Morgan fingerprint density at radius 3 is 2.32 bits per heavy atom. The van der Waals surface area contributed by atoms with Gasteiger partial charge in [-0.25, -0.2) is 13.1 Å². The van der Waals surface area contributed by atoms with Gasteiger partial charge >= 0.3 is 0 Å². The first kappa shape index (κ1) is 14.1. The first-order chi connectivity index (χ1) is 9.06. The SMILES string of the molecule is COc1ccc(S(=O)(=O)NC2CCCC2)cc1OC.